The summed E-state index contributed by atoms with van der Waals surface area (Å²) in [6.07, 6.45) is 8.71. The molecule has 16 heavy (non-hydrogen) atoms. The van der Waals surface area contributed by atoms with E-state index < -0.39 is 0 Å². The van der Waals surface area contributed by atoms with Crippen LogP contribution in [0.3, 0.4) is 0 Å². The molecule has 3 heteroatoms. The largest absolute Gasteiger partial charge is 0.353 e. The van der Waals surface area contributed by atoms with E-state index in [9.17, 15) is 4.79 Å². The van der Waals surface area contributed by atoms with Crippen LogP contribution >= 0.6 is 0 Å². The van der Waals surface area contributed by atoms with Crippen LogP contribution in [-0.2, 0) is 4.79 Å². The van der Waals surface area contributed by atoms with Crippen molar-refractivity contribution >= 4 is 5.91 Å². The standard InChI is InChI=1S/C13H26N2O/c1-2-11-6-8-12(9-7-11)15-13(16)5-3-4-10-14/h11-12H,2-10,14H2,1H3,(H,15,16). The maximum atomic E-state index is 11.6. The number of rotatable bonds is 6. The number of carbonyl (C=O) groups is 1. The Bertz CT molecular complexity index is 198. The van der Waals surface area contributed by atoms with E-state index in [4.69, 9.17) is 5.73 Å². The SMILES string of the molecule is CCC1CCC(NC(=O)CCCCN)CC1. The van der Waals surface area contributed by atoms with Crippen molar-refractivity contribution in [2.24, 2.45) is 11.7 Å². The van der Waals surface area contributed by atoms with Crippen LogP contribution in [0.5, 0.6) is 0 Å². The first-order valence-electron chi connectivity index (χ1n) is 6.75. The molecule has 1 saturated carbocycles. The van der Waals surface area contributed by atoms with Crippen molar-refractivity contribution in [2.75, 3.05) is 6.54 Å². The first-order valence-corrected chi connectivity index (χ1v) is 6.75. The zero-order chi connectivity index (χ0) is 11.8. The second kappa shape index (κ2) is 7.66. The second-order valence-corrected chi connectivity index (χ2v) is 4.94. The van der Waals surface area contributed by atoms with Crippen molar-refractivity contribution in [1.82, 2.24) is 5.32 Å². The van der Waals surface area contributed by atoms with Gasteiger partial charge in [-0.15, -0.1) is 0 Å². The summed E-state index contributed by atoms with van der Waals surface area (Å²) in [5.74, 6) is 1.11. The third kappa shape index (κ3) is 4.97. The monoisotopic (exact) mass is 226 g/mol. The van der Waals surface area contributed by atoms with Crippen molar-refractivity contribution < 1.29 is 4.79 Å². The van der Waals surface area contributed by atoms with Crippen molar-refractivity contribution in [2.45, 2.75) is 64.3 Å². The molecule has 3 nitrogen and oxygen atoms in total. The Hall–Kier alpha value is -0.570. The van der Waals surface area contributed by atoms with Gasteiger partial charge in [0.15, 0.2) is 0 Å². The number of nitrogens with two attached hydrogens (primary N) is 1. The fraction of sp³-hybridized carbons (Fsp3) is 0.923. The third-order valence-electron chi connectivity index (χ3n) is 3.65. The van der Waals surface area contributed by atoms with Crippen LogP contribution < -0.4 is 11.1 Å². The number of carbonyl (C=O) groups excluding carboxylic acids is 1. The Morgan fingerprint density at radius 3 is 2.50 bits per heavy atom. The van der Waals surface area contributed by atoms with Crippen molar-refractivity contribution in [1.29, 1.82) is 0 Å². The molecule has 0 unspecified atom stereocenters. The molecule has 0 spiro atoms. The van der Waals surface area contributed by atoms with Crippen LogP contribution in [0.25, 0.3) is 0 Å². The number of amides is 1. The molecule has 0 aromatic heterocycles. The highest BCUT2D eigenvalue weighted by molar-refractivity contribution is 5.76. The predicted octanol–water partition coefficient (Wildman–Crippen LogP) is 2.20. The fourth-order valence-electron chi connectivity index (χ4n) is 2.44. The van der Waals surface area contributed by atoms with Crippen LogP contribution in [0.1, 0.15) is 58.3 Å². The van der Waals surface area contributed by atoms with Gasteiger partial charge in [-0.25, -0.2) is 0 Å². The Morgan fingerprint density at radius 2 is 1.94 bits per heavy atom. The van der Waals surface area contributed by atoms with Gasteiger partial charge in [-0.1, -0.05) is 13.3 Å². The zero-order valence-electron chi connectivity index (χ0n) is 10.5. The van der Waals surface area contributed by atoms with Crippen molar-refractivity contribution in [3.63, 3.8) is 0 Å². The number of hydrogen-bond donors (Lipinski definition) is 2. The van der Waals surface area contributed by atoms with Gasteiger partial charge in [0.2, 0.25) is 5.91 Å². The minimum Gasteiger partial charge on any atom is -0.353 e. The van der Waals surface area contributed by atoms with E-state index >= 15 is 0 Å². The average Bonchev–Trinajstić information content (AvgIpc) is 2.30. The van der Waals surface area contributed by atoms with Gasteiger partial charge >= 0.3 is 0 Å². The molecule has 0 bridgehead atoms. The molecule has 0 aromatic rings. The van der Waals surface area contributed by atoms with Gasteiger partial charge in [-0.05, 0) is 51.0 Å². The van der Waals surface area contributed by atoms with Crippen LogP contribution in [-0.4, -0.2) is 18.5 Å². The Labute approximate surface area is 99.2 Å². The third-order valence-corrected chi connectivity index (χ3v) is 3.65. The summed E-state index contributed by atoms with van der Waals surface area (Å²) in [4.78, 5) is 11.6. The topological polar surface area (TPSA) is 55.1 Å². The molecule has 0 aromatic carbocycles. The second-order valence-electron chi connectivity index (χ2n) is 4.94. The molecule has 3 N–H and O–H groups in total. The number of hydrogen-bond acceptors (Lipinski definition) is 2. The van der Waals surface area contributed by atoms with Gasteiger partial charge in [0, 0.05) is 12.5 Å². The Morgan fingerprint density at radius 1 is 1.25 bits per heavy atom. The van der Waals surface area contributed by atoms with Gasteiger partial charge in [0.1, 0.15) is 0 Å². The summed E-state index contributed by atoms with van der Waals surface area (Å²) < 4.78 is 0. The maximum Gasteiger partial charge on any atom is 0.220 e. The van der Waals surface area contributed by atoms with Gasteiger partial charge in [0.05, 0.1) is 0 Å². The van der Waals surface area contributed by atoms with E-state index in [2.05, 4.69) is 12.2 Å². The number of nitrogens with one attached hydrogen (secondary N) is 1. The first-order chi connectivity index (χ1) is 7.76. The molecule has 0 atom stereocenters. The predicted molar refractivity (Wildman–Crippen MR) is 67.1 cm³/mol. The van der Waals surface area contributed by atoms with E-state index in [1.54, 1.807) is 0 Å². The normalized spacial score (nSPS) is 25.4. The van der Waals surface area contributed by atoms with E-state index in [0.29, 0.717) is 19.0 Å². The van der Waals surface area contributed by atoms with E-state index in [-0.39, 0.29) is 5.91 Å². The zero-order valence-corrected chi connectivity index (χ0v) is 10.5. The lowest BCUT2D eigenvalue weighted by atomic mass is 9.84. The van der Waals surface area contributed by atoms with Crippen LogP contribution in [0.4, 0.5) is 0 Å². The minimum absolute atomic E-state index is 0.216. The summed E-state index contributed by atoms with van der Waals surface area (Å²) in [5, 5.41) is 3.14. The summed E-state index contributed by atoms with van der Waals surface area (Å²) >= 11 is 0. The highest BCUT2D eigenvalue weighted by Gasteiger charge is 2.20. The number of unbranched alkanes of at least 4 members (excludes halogenated alkanes) is 1. The summed E-state index contributed by atoms with van der Waals surface area (Å²) in [7, 11) is 0. The van der Waals surface area contributed by atoms with Gasteiger partial charge < -0.3 is 11.1 Å². The van der Waals surface area contributed by atoms with Gasteiger partial charge in [-0.2, -0.15) is 0 Å². The lowest BCUT2D eigenvalue weighted by molar-refractivity contribution is -0.122. The van der Waals surface area contributed by atoms with Crippen molar-refractivity contribution in [3.8, 4) is 0 Å². The molecule has 1 amide bonds. The lowest BCUT2D eigenvalue weighted by Gasteiger charge is -2.28. The first kappa shape index (κ1) is 13.5. The van der Waals surface area contributed by atoms with Crippen LogP contribution in [0, 0.1) is 5.92 Å². The van der Waals surface area contributed by atoms with E-state index in [1.807, 2.05) is 0 Å². The maximum absolute atomic E-state index is 11.6. The van der Waals surface area contributed by atoms with E-state index in [1.165, 1.54) is 32.1 Å². The molecule has 1 aliphatic carbocycles. The van der Waals surface area contributed by atoms with Crippen molar-refractivity contribution in [3.05, 3.63) is 0 Å². The molecule has 1 fully saturated rings. The van der Waals surface area contributed by atoms with Crippen LogP contribution in [0.2, 0.25) is 0 Å². The molecular weight excluding hydrogens is 200 g/mol. The van der Waals surface area contributed by atoms with Crippen LogP contribution in [0.15, 0.2) is 0 Å². The fourth-order valence-corrected chi connectivity index (χ4v) is 2.44. The molecule has 94 valence electrons. The highest BCUT2D eigenvalue weighted by Crippen LogP contribution is 2.26. The summed E-state index contributed by atoms with van der Waals surface area (Å²) in [6.45, 7) is 2.95. The Kier molecular flexibility index (Phi) is 6.46. The molecule has 0 saturated heterocycles. The molecule has 0 radical (unpaired) electrons. The molecule has 0 heterocycles. The quantitative estimate of drug-likeness (QED) is 0.682. The minimum atomic E-state index is 0.216. The van der Waals surface area contributed by atoms with E-state index in [0.717, 1.165) is 18.8 Å². The van der Waals surface area contributed by atoms with Gasteiger partial charge in [-0.3, -0.25) is 4.79 Å². The van der Waals surface area contributed by atoms with Gasteiger partial charge in [0.25, 0.3) is 0 Å². The summed E-state index contributed by atoms with van der Waals surface area (Å²) in [6, 6.07) is 0.438. The molecule has 0 aliphatic heterocycles. The average molecular weight is 226 g/mol. The molecule has 1 aliphatic rings. The lowest BCUT2D eigenvalue weighted by Crippen LogP contribution is -2.37. The smallest absolute Gasteiger partial charge is 0.220 e. The Balaban J connectivity index is 2.10. The highest BCUT2D eigenvalue weighted by atomic mass is 16.1. The molecular formula is C13H26N2O. The summed E-state index contributed by atoms with van der Waals surface area (Å²) in [5.41, 5.74) is 5.40. The molecule has 1 rings (SSSR count).